The van der Waals surface area contributed by atoms with Gasteiger partial charge in [-0.25, -0.2) is 0 Å². The molecule has 1 amide bonds. The molecule has 1 saturated heterocycles. The standard InChI is InChI=1S/C50H99NO9/c1-3-5-7-9-11-13-15-17-19-20-21-22-23-24-25-27-29-31-33-35-37-39-45(54)51-42(41-59-50-49(58)48(57)47(56)44(40-52)60-50)46(55)43(53)38-36-34-32-30-28-26-18-16-14-12-10-8-6-4-2/h42-44,46-50,52-53,55-58H,3-41H2,1-2H3,(H,51,54)/t42-,43+,44+,46-,47-,48-,49+,50-/m0/s1. The Hall–Kier alpha value is -0.850. The zero-order valence-electron chi connectivity index (χ0n) is 39.1. The van der Waals surface area contributed by atoms with E-state index in [4.69, 9.17) is 9.47 Å². The summed E-state index contributed by atoms with van der Waals surface area (Å²) in [6.45, 7) is 3.64. The third-order valence-corrected chi connectivity index (χ3v) is 12.8. The molecule has 358 valence electrons. The summed E-state index contributed by atoms with van der Waals surface area (Å²) >= 11 is 0. The van der Waals surface area contributed by atoms with Crippen molar-refractivity contribution in [3.05, 3.63) is 0 Å². The monoisotopic (exact) mass is 858 g/mol. The van der Waals surface area contributed by atoms with Gasteiger partial charge in [0.1, 0.15) is 30.5 Å². The van der Waals surface area contributed by atoms with Gasteiger partial charge in [0.25, 0.3) is 0 Å². The molecule has 0 saturated carbocycles. The van der Waals surface area contributed by atoms with Crippen molar-refractivity contribution in [1.82, 2.24) is 5.32 Å². The minimum atomic E-state index is -1.60. The predicted molar refractivity (Wildman–Crippen MR) is 246 cm³/mol. The number of aliphatic hydroxyl groups excluding tert-OH is 6. The summed E-state index contributed by atoms with van der Waals surface area (Å²) in [5, 5.41) is 65.3. The summed E-state index contributed by atoms with van der Waals surface area (Å²) in [5.41, 5.74) is 0. The van der Waals surface area contributed by atoms with E-state index in [1.807, 2.05) is 0 Å². The molecule has 0 bridgehead atoms. The summed E-state index contributed by atoms with van der Waals surface area (Å²) in [4.78, 5) is 13.0. The number of rotatable bonds is 44. The molecule has 10 heteroatoms. The van der Waals surface area contributed by atoms with Crippen LogP contribution in [0.3, 0.4) is 0 Å². The molecule has 1 rings (SSSR count). The normalized spacial score (nSPS) is 21.0. The Morgan fingerprint density at radius 2 is 0.867 bits per heavy atom. The molecule has 0 aromatic heterocycles. The van der Waals surface area contributed by atoms with Gasteiger partial charge in [0.15, 0.2) is 6.29 Å². The maximum Gasteiger partial charge on any atom is 0.220 e. The van der Waals surface area contributed by atoms with Crippen molar-refractivity contribution in [3.8, 4) is 0 Å². The van der Waals surface area contributed by atoms with Gasteiger partial charge in [-0.15, -0.1) is 0 Å². The highest BCUT2D eigenvalue weighted by molar-refractivity contribution is 5.76. The highest BCUT2D eigenvalue weighted by Crippen LogP contribution is 2.23. The number of amides is 1. The van der Waals surface area contributed by atoms with Crippen molar-refractivity contribution in [3.63, 3.8) is 0 Å². The van der Waals surface area contributed by atoms with Gasteiger partial charge < -0.3 is 45.4 Å². The van der Waals surface area contributed by atoms with E-state index in [1.54, 1.807) is 0 Å². The Morgan fingerprint density at radius 3 is 1.23 bits per heavy atom. The minimum Gasteiger partial charge on any atom is -0.394 e. The van der Waals surface area contributed by atoms with E-state index in [9.17, 15) is 35.4 Å². The molecule has 0 aromatic rings. The Labute approximate surface area is 368 Å². The largest absolute Gasteiger partial charge is 0.394 e. The highest BCUT2D eigenvalue weighted by Gasteiger charge is 2.44. The maximum atomic E-state index is 13.0. The molecule has 7 N–H and O–H groups in total. The third-order valence-electron chi connectivity index (χ3n) is 12.8. The highest BCUT2D eigenvalue weighted by atomic mass is 16.7. The Bertz CT molecular complexity index is 926. The molecular weight excluding hydrogens is 759 g/mol. The van der Waals surface area contributed by atoms with Crippen molar-refractivity contribution < 1.29 is 44.9 Å². The van der Waals surface area contributed by atoms with E-state index in [-0.39, 0.29) is 18.9 Å². The van der Waals surface area contributed by atoms with Crippen LogP contribution in [-0.2, 0) is 14.3 Å². The molecule has 1 heterocycles. The fraction of sp³-hybridized carbons (Fsp3) is 0.980. The van der Waals surface area contributed by atoms with E-state index in [0.717, 1.165) is 38.5 Å². The van der Waals surface area contributed by atoms with E-state index in [1.165, 1.54) is 186 Å². The number of hydrogen-bond donors (Lipinski definition) is 7. The van der Waals surface area contributed by atoms with Gasteiger partial charge in [-0.3, -0.25) is 4.79 Å². The van der Waals surface area contributed by atoms with Crippen LogP contribution in [0.25, 0.3) is 0 Å². The Kier molecular flexibility index (Phi) is 39.0. The van der Waals surface area contributed by atoms with Crippen LogP contribution in [0.2, 0.25) is 0 Å². The van der Waals surface area contributed by atoms with Gasteiger partial charge in [-0.1, -0.05) is 232 Å². The summed E-state index contributed by atoms with van der Waals surface area (Å²) < 4.78 is 11.2. The molecule has 1 fully saturated rings. The average Bonchev–Trinajstić information content (AvgIpc) is 3.25. The van der Waals surface area contributed by atoms with E-state index >= 15 is 0 Å². The molecule has 0 radical (unpaired) electrons. The van der Waals surface area contributed by atoms with Crippen LogP contribution >= 0.6 is 0 Å². The summed E-state index contributed by atoms with van der Waals surface area (Å²) in [7, 11) is 0. The molecule has 8 atom stereocenters. The lowest BCUT2D eigenvalue weighted by Crippen LogP contribution is -2.60. The smallest absolute Gasteiger partial charge is 0.220 e. The first-order chi connectivity index (χ1) is 29.3. The molecule has 60 heavy (non-hydrogen) atoms. The maximum absolute atomic E-state index is 13.0. The first kappa shape index (κ1) is 57.2. The second-order valence-electron chi connectivity index (χ2n) is 18.5. The van der Waals surface area contributed by atoms with Crippen molar-refractivity contribution in [2.75, 3.05) is 13.2 Å². The number of aliphatic hydroxyl groups is 6. The van der Waals surface area contributed by atoms with Crippen molar-refractivity contribution in [1.29, 1.82) is 0 Å². The fourth-order valence-corrected chi connectivity index (χ4v) is 8.61. The van der Waals surface area contributed by atoms with E-state index < -0.39 is 55.6 Å². The molecule has 10 nitrogen and oxygen atoms in total. The zero-order chi connectivity index (χ0) is 43.9. The molecular formula is C50H99NO9. The second-order valence-corrected chi connectivity index (χ2v) is 18.5. The quantitative estimate of drug-likeness (QED) is 0.0295. The van der Waals surface area contributed by atoms with E-state index in [0.29, 0.717) is 6.42 Å². The van der Waals surface area contributed by atoms with Gasteiger partial charge in [0.2, 0.25) is 5.91 Å². The zero-order valence-corrected chi connectivity index (χ0v) is 39.1. The first-order valence-electron chi connectivity index (χ1n) is 25.8. The molecule has 0 aliphatic carbocycles. The average molecular weight is 858 g/mol. The number of carbonyl (C=O) groups is 1. The summed E-state index contributed by atoms with van der Waals surface area (Å²) in [6, 6.07) is -0.985. The molecule has 1 aliphatic rings. The van der Waals surface area contributed by atoms with Crippen LogP contribution in [0.15, 0.2) is 0 Å². The first-order valence-corrected chi connectivity index (χ1v) is 25.8. The number of nitrogens with one attached hydrogen (secondary N) is 1. The van der Waals surface area contributed by atoms with Gasteiger partial charge in [-0.05, 0) is 12.8 Å². The second kappa shape index (κ2) is 40.9. The SMILES string of the molecule is CCCCCCCCCCCCCCCCCCCCCCCC(=O)N[C@@H](CO[C@H]1O[C@H](CO)[C@H](O)[C@H](O)[C@H]1O)[C@H](O)[C@H](O)CCCCCCCCCCCCCCCC. The number of carbonyl (C=O) groups excluding carboxylic acids is 1. The van der Waals surface area contributed by atoms with Crippen molar-refractivity contribution in [2.45, 2.75) is 300 Å². The van der Waals surface area contributed by atoms with Gasteiger partial charge in [0.05, 0.1) is 25.4 Å². The summed E-state index contributed by atoms with van der Waals surface area (Å²) in [6.07, 6.45) is 35.4. The minimum absolute atomic E-state index is 0.252. The van der Waals surface area contributed by atoms with Crippen LogP contribution in [-0.4, -0.2) is 98.7 Å². The number of unbranched alkanes of at least 4 members (excludes halogenated alkanes) is 33. The molecule has 1 aliphatic heterocycles. The molecule has 0 aromatic carbocycles. The predicted octanol–water partition coefficient (Wildman–Crippen LogP) is 10.5. The lowest BCUT2D eigenvalue weighted by atomic mass is 9.98. The van der Waals surface area contributed by atoms with Crippen LogP contribution < -0.4 is 5.32 Å². The molecule has 0 spiro atoms. The fourth-order valence-electron chi connectivity index (χ4n) is 8.61. The van der Waals surface area contributed by atoms with Gasteiger partial charge >= 0.3 is 0 Å². The summed E-state index contributed by atoms with van der Waals surface area (Å²) in [5.74, 6) is -0.252. The van der Waals surface area contributed by atoms with Gasteiger partial charge in [0, 0.05) is 6.42 Å². The van der Waals surface area contributed by atoms with Crippen molar-refractivity contribution in [2.24, 2.45) is 0 Å². The lowest BCUT2D eigenvalue weighted by Gasteiger charge is -2.40. The lowest BCUT2D eigenvalue weighted by molar-refractivity contribution is -0.303. The number of ether oxygens (including phenoxy) is 2. The van der Waals surface area contributed by atoms with Crippen LogP contribution in [0.1, 0.15) is 251 Å². The van der Waals surface area contributed by atoms with Crippen molar-refractivity contribution >= 4 is 5.91 Å². The van der Waals surface area contributed by atoms with Crippen LogP contribution in [0, 0.1) is 0 Å². The topological polar surface area (TPSA) is 169 Å². The Balaban J connectivity index is 2.30. The van der Waals surface area contributed by atoms with Crippen LogP contribution in [0.5, 0.6) is 0 Å². The van der Waals surface area contributed by atoms with Gasteiger partial charge in [-0.2, -0.15) is 0 Å². The third kappa shape index (κ3) is 30.3. The van der Waals surface area contributed by atoms with Crippen LogP contribution in [0.4, 0.5) is 0 Å². The Morgan fingerprint density at radius 1 is 0.517 bits per heavy atom. The number of hydrogen-bond acceptors (Lipinski definition) is 9. The van der Waals surface area contributed by atoms with E-state index in [2.05, 4.69) is 19.2 Å². The molecule has 0 unspecified atom stereocenters.